The molecule has 0 spiro atoms. The van der Waals surface area contributed by atoms with E-state index >= 15 is 0 Å². The number of anilines is 1. The lowest BCUT2D eigenvalue weighted by molar-refractivity contribution is 0.252. The molecule has 0 aliphatic rings. The van der Waals surface area contributed by atoms with E-state index < -0.39 is 0 Å². The molecule has 0 unspecified atom stereocenters. The Balaban J connectivity index is 2.25. The highest BCUT2D eigenvalue weighted by molar-refractivity contribution is 6.30. The standard InChI is InChI=1S/C19H23ClN4O/c1-5-9-24(4)10-11-25-17-8-6-7-16-18(17)19(22-13-21-16)23-15(3)12-14(2)20/h5-8,12-13H,1-2,9-11H2,3-4H3,(H,21,22,23)/b15-12+. The first-order valence-corrected chi connectivity index (χ1v) is 8.34. The molecule has 2 rings (SSSR count). The Morgan fingerprint density at radius 3 is 2.92 bits per heavy atom. The van der Waals surface area contributed by atoms with Crippen molar-refractivity contribution in [1.82, 2.24) is 14.9 Å². The quantitative estimate of drug-likeness (QED) is 0.538. The first-order chi connectivity index (χ1) is 12.0. The molecule has 0 saturated carbocycles. The van der Waals surface area contributed by atoms with Gasteiger partial charge in [0.1, 0.15) is 24.5 Å². The van der Waals surface area contributed by atoms with Crippen molar-refractivity contribution >= 4 is 28.3 Å². The average molecular weight is 359 g/mol. The van der Waals surface area contributed by atoms with Gasteiger partial charge in [0.2, 0.25) is 0 Å². The van der Waals surface area contributed by atoms with E-state index in [1.807, 2.05) is 38.2 Å². The molecule has 0 aliphatic heterocycles. The van der Waals surface area contributed by atoms with Crippen LogP contribution in [0.5, 0.6) is 5.75 Å². The van der Waals surface area contributed by atoms with Crippen LogP contribution in [0.1, 0.15) is 6.92 Å². The van der Waals surface area contributed by atoms with Gasteiger partial charge in [-0.1, -0.05) is 30.3 Å². The predicted molar refractivity (Wildman–Crippen MR) is 105 cm³/mol. The van der Waals surface area contributed by atoms with Crippen LogP contribution in [0.3, 0.4) is 0 Å². The highest BCUT2D eigenvalue weighted by Gasteiger charge is 2.10. The fourth-order valence-electron chi connectivity index (χ4n) is 2.37. The van der Waals surface area contributed by atoms with Crippen LogP contribution < -0.4 is 10.1 Å². The number of likely N-dealkylation sites (N-methyl/N-ethyl adjacent to an activating group) is 1. The molecule has 1 N–H and O–H groups in total. The molecule has 0 atom stereocenters. The molecule has 0 bridgehead atoms. The molecule has 132 valence electrons. The molecule has 25 heavy (non-hydrogen) atoms. The number of benzene rings is 1. The second-order valence-corrected chi connectivity index (χ2v) is 6.16. The van der Waals surface area contributed by atoms with Crippen LogP contribution in [0.2, 0.25) is 0 Å². The summed E-state index contributed by atoms with van der Waals surface area (Å²) in [6.45, 7) is 11.5. The van der Waals surface area contributed by atoms with Crippen LogP contribution in [-0.4, -0.2) is 41.6 Å². The summed E-state index contributed by atoms with van der Waals surface area (Å²) in [5.74, 6) is 1.41. The average Bonchev–Trinajstić information content (AvgIpc) is 2.54. The summed E-state index contributed by atoms with van der Waals surface area (Å²) >= 11 is 5.83. The van der Waals surface area contributed by atoms with Crippen molar-refractivity contribution in [2.24, 2.45) is 0 Å². The fraction of sp³-hybridized carbons (Fsp3) is 0.263. The first kappa shape index (κ1) is 19.0. The van der Waals surface area contributed by atoms with E-state index in [1.165, 1.54) is 6.33 Å². The summed E-state index contributed by atoms with van der Waals surface area (Å²) in [4.78, 5) is 10.8. The number of nitrogens with one attached hydrogen (secondary N) is 1. The van der Waals surface area contributed by atoms with Gasteiger partial charge in [0.05, 0.1) is 10.9 Å². The van der Waals surface area contributed by atoms with Crippen LogP contribution in [0.25, 0.3) is 10.9 Å². The Morgan fingerprint density at radius 2 is 2.20 bits per heavy atom. The minimum Gasteiger partial charge on any atom is -0.491 e. The van der Waals surface area contributed by atoms with Gasteiger partial charge >= 0.3 is 0 Å². The molecule has 0 radical (unpaired) electrons. The zero-order valence-electron chi connectivity index (χ0n) is 14.6. The van der Waals surface area contributed by atoms with Gasteiger partial charge in [0, 0.05) is 23.8 Å². The van der Waals surface area contributed by atoms with Gasteiger partial charge in [-0.3, -0.25) is 4.90 Å². The van der Waals surface area contributed by atoms with Crippen LogP contribution in [0.15, 0.2) is 60.6 Å². The molecular formula is C19H23ClN4O. The molecule has 0 amide bonds. The first-order valence-electron chi connectivity index (χ1n) is 7.97. The fourth-order valence-corrected chi connectivity index (χ4v) is 2.54. The number of fused-ring (bicyclic) bond motifs is 1. The summed E-state index contributed by atoms with van der Waals surface area (Å²) in [5, 5.41) is 4.52. The van der Waals surface area contributed by atoms with Crippen LogP contribution in [-0.2, 0) is 0 Å². The SMILES string of the molecule is C=CCN(C)CCOc1cccc2ncnc(N/C(C)=C/C(=C)Cl)c12. The van der Waals surface area contributed by atoms with Crippen molar-refractivity contribution in [3.05, 3.63) is 60.6 Å². The number of halogens is 1. The Bertz CT molecular complexity index is 783. The molecule has 0 fully saturated rings. The maximum absolute atomic E-state index is 5.98. The maximum atomic E-state index is 5.98. The second-order valence-electron chi connectivity index (χ2n) is 5.67. The van der Waals surface area contributed by atoms with Crippen LogP contribution in [0, 0.1) is 0 Å². The lowest BCUT2D eigenvalue weighted by atomic mass is 10.2. The molecular weight excluding hydrogens is 336 g/mol. The van der Waals surface area contributed by atoms with Gasteiger partial charge in [0.25, 0.3) is 0 Å². The lowest BCUT2D eigenvalue weighted by Crippen LogP contribution is -2.24. The molecule has 2 aromatic rings. The number of hydrogen-bond donors (Lipinski definition) is 1. The molecule has 0 saturated heterocycles. The van der Waals surface area contributed by atoms with Gasteiger partial charge in [-0.15, -0.1) is 6.58 Å². The Kier molecular flexibility index (Phi) is 6.98. The third-order valence-electron chi connectivity index (χ3n) is 3.48. The summed E-state index contributed by atoms with van der Waals surface area (Å²) < 4.78 is 5.98. The van der Waals surface area contributed by atoms with E-state index in [9.17, 15) is 0 Å². The van der Waals surface area contributed by atoms with Crippen molar-refractivity contribution in [3.63, 3.8) is 0 Å². The van der Waals surface area contributed by atoms with E-state index in [2.05, 4.69) is 33.3 Å². The molecule has 1 aromatic carbocycles. The minimum atomic E-state index is 0.449. The van der Waals surface area contributed by atoms with Crippen molar-refractivity contribution < 1.29 is 4.74 Å². The molecule has 0 aliphatic carbocycles. The summed E-state index contributed by atoms with van der Waals surface area (Å²) in [5.41, 5.74) is 1.65. The molecule has 1 aromatic heterocycles. The highest BCUT2D eigenvalue weighted by atomic mass is 35.5. The number of aromatic nitrogens is 2. The zero-order chi connectivity index (χ0) is 18.2. The summed E-state index contributed by atoms with van der Waals surface area (Å²) in [7, 11) is 2.03. The Labute approximate surface area is 153 Å². The van der Waals surface area contributed by atoms with Gasteiger partial charge in [-0.2, -0.15) is 0 Å². The van der Waals surface area contributed by atoms with Crippen molar-refractivity contribution in [2.75, 3.05) is 32.1 Å². The normalized spacial score (nSPS) is 11.6. The number of ether oxygens (including phenoxy) is 1. The third kappa shape index (κ3) is 5.59. The summed E-state index contributed by atoms with van der Waals surface area (Å²) in [6.07, 6.45) is 5.13. The van der Waals surface area contributed by atoms with Crippen molar-refractivity contribution in [1.29, 1.82) is 0 Å². The lowest BCUT2D eigenvalue weighted by Gasteiger charge is -2.16. The predicted octanol–water partition coefficient (Wildman–Crippen LogP) is 4.19. The number of nitrogens with zero attached hydrogens (tertiary/aromatic N) is 3. The Hall–Kier alpha value is -2.37. The largest absolute Gasteiger partial charge is 0.491 e. The third-order valence-corrected chi connectivity index (χ3v) is 3.59. The topological polar surface area (TPSA) is 50.3 Å². The smallest absolute Gasteiger partial charge is 0.145 e. The highest BCUT2D eigenvalue weighted by Crippen LogP contribution is 2.30. The van der Waals surface area contributed by atoms with E-state index in [-0.39, 0.29) is 0 Å². The van der Waals surface area contributed by atoms with Crippen LogP contribution in [0.4, 0.5) is 5.82 Å². The molecule has 6 heteroatoms. The maximum Gasteiger partial charge on any atom is 0.145 e. The van der Waals surface area contributed by atoms with E-state index in [0.29, 0.717) is 17.5 Å². The van der Waals surface area contributed by atoms with Gasteiger partial charge in [-0.25, -0.2) is 9.97 Å². The zero-order valence-corrected chi connectivity index (χ0v) is 15.4. The monoisotopic (exact) mass is 358 g/mol. The summed E-state index contributed by atoms with van der Waals surface area (Å²) in [6, 6.07) is 5.77. The Morgan fingerprint density at radius 1 is 1.40 bits per heavy atom. The molecule has 1 heterocycles. The van der Waals surface area contributed by atoms with Crippen molar-refractivity contribution in [3.8, 4) is 5.75 Å². The number of rotatable bonds is 9. The van der Waals surface area contributed by atoms with Crippen LogP contribution >= 0.6 is 11.6 Å². The minimum absolute atomic E-state index is 0.449. The van der Waals surface area contributed by atoms with Crippen molar-refractivity contribution in [2.45, 2.75) is 6.92 Å². The molecule has 5 nitrogen and oxygen atoms in total. The van der Waals surface area contributed by atoms with E-state index in [1.54, 1.807) is 6.08 Å². The van der Waals surface area contributed by atoms with Gasteiger partial charge in [0.15, 0.2) is 0 Å². The number of hydrogen-bond acceptors (Lipinski definition) is 5. The van der Waals surface area contributed by atoms with Gasteiger partial charge < -0.3 is 10.1 Å². The van der Waals surface area contributed by atoms with E-state index in [4.69, 9.17) is 16.3 Å². The second kappa shape index (κ2) is 9.20. The van der Waals surface area contributed by atoms with E-state index in [0.717, 1.165) is 35.4 Å². The number of allylic oxidation sites excluding steroid dienone is 3. The van der Waals surface area contributed by atoms with Gasteiger partial charge in [-0.05, 0) is 32.2 Å².